The zero-order chi connectivity index (χ0) is 50.0. The number of carboxylic acid groups (broad SMARTS) is 1. The van der Waals surface area contributed by atoms with Gasteiger partial charge in [0.1, 0.15) is 11.6 Å². The van der Waals surface area contributed by atoms with E-state index in [0.717, 1.165) is 92.2 Å². The molecule has 2 aliphatic heterocycles. The molecular formula is C51H62N12O7. The van der Waals surface area contributed by atoms with Crippen LogP contribution in [-0.4, -0.2) is 113 Å². The molecule has 2 aromatic heterocycles. The standard InChI is InChI=1S/C23H26N6O2.C20H21N5O.C8H15NO4/c1-16(24)22(30)26-18-4-2-17(3-5-18)21-10-11-25-23(28-21)27-19-6-8-20(9-7-19)29-12-14-31-15-13-29;21-16-3-1-15(2-4-16)19-9-10-22-20(24-19)23-17-5-7-18(8-6-17)25-11-13-26-14-12-25;1-5(6(10)11)9-7(12)13-8(2,3)4/h2-11,16H,12-15,24H2,1H3,(H,26,30)(H,25,27,28);1-10H,11-14,21H2,(H,22,23,24);5H,1-4H3,(H,9,12)(H,10,11). The van der Waals surface area contributed by atoms with Gasteiger partial charge in [0.05, 0.1) is 43.9 Å². The first kappa shape index (κ1) is 51.5. The molecule has 19 heteroatoms. The van der Waals surface area contributed by atoms with Gasteiger partial charge in [0, 0.05) is 83.8 Å². The Bertz CT molecular complexity index is 2600. The lowest BCUT2D eigenvalue weighted by Gasteiger charge is -2.28. The van der Waals surface area contributed by atoms with Gasteiger partial charge in [-0.05, 0) is 120 Å². The molecule has 368 valence electrons. The summed E-state index contributed by atoms with van der Waals surface area (Å²) in [6, 6.07) is 33.9. The number of ether oxygens (including phenoxy) is 3. The molecular weight excluding hydrogens is 893 g/mol. The van der Waals surface area contributed by atoms with Crippen LogP contribution in [0, 0.1) is 0 Å². The number of carbonyl (C=O) groups is 3. The second-order valence-corrected chi connectivity index (χ2v) is 17.3. The molecule has 0 bridgehead atoms. The number of aliphatic carboxylic acids is 1. The van der Waals surface area contributed by atoms with E-state index in [9.17, 15) is 14.4 Å². The Kier molecular flexibility index (Phi) is 18.4. The van der Waals surface area contributed by atoms with E-state index in [4.69, 9.17) is 30.8 Å². The number of carbonyl (C=O) groups excluding carboxylic acids is 2. The van der Waals surface area contributed by atoms with Crippen molar-refractivity contribution >= 4 is 64.0 Å². The van der Waals surface area contributed by atoms with Gasteiger partial charge < -0.3 is 61.9 Å². The highest BCUT2D eigenvalue weighted by atomic mass is 16.6. The molecule has 70 heavy (non-hydrogen) atoms. The number of nitrogens with one attached hydrogen (secondary N) is 4. The van der Waals surface area contributed by atoms with Crippen LogP contribution in [0.1, 0.15) is 34.6 Å². The average Bonchev–Trinajstić information content (AvgIpc) is 3.35. The number of nitrogen functional groups attached to an aromatic ring is 1. The van der Waals surface area contributed by atoms with Crippen LogP contribution in [0.15, 0.2) is 122 Å². The lowest BCUT2D eigenvalue weighted by atomic mass is 10.1. The fraction of sp³-hybridized carbons (Fsp3) is 0.314. The third kappa shape index (κ3) is 16.4. The van der Waals surface area contributed by atoms with Crippen molar-refractivity contribution in [3.05, 3.63) is 122 Å². The number of alkyl carbamates (subject to hydrolysis) is 1. The first-order chi connectivity index (χ1) is 33.6. The van der Waals surface area contributed by atoms with Crippen molar-refractivity contribution in [3.63, 3.8) is 0 Å². The lowest BCUT2D eigenvalue weighted by Crippen LogP contribution is -2.41. The summed E-state index contributed by atoms with van der Waals surface area (Å²) in [5.41, 5.74) is 20.0. The molecule has 2 aliphatic rings. The summed E-state index contributed by atoms with van der Waals surface area (Å²) in [7, 11) is 0. The van der Waals surface area contributed by atoms with Gasteiger partial charge in [0.2, 0.25) is 17.8 Å². The number of carboxylic acids is 1. The monoisotopic (exact) mass is 954 g/mol. The van der Waals surface area contributed by atoms with E-state index in [1.165, 1.54) is 18.3 Å². The molecule has 0 spiro atoms. The molecule has 2 fully saturated rings. The summed E-state index contributed by atoms with van der Waals surface area (Å²) in [5, 5.41) is 19.9. The first-order valence-electron chi connectivity index (χ1n) is 22.9. The maximum Gasteiger partial charge on any atom is 0.408 e. The van der Waals surface area contributed by atoms with Crippen molar-refractivity contribution in [1.29, 1.82) is 0 Å². The third-order valence-electron chi connectivity index (χ3n) is 10.5. The molecule has 9 N–H and O–H groups in total. The number of hydrogen-bond acceptors (Lipinski definition) is 16. The molecule has 2 saturated heterocycles. The van der Waals surface area contributed by atoms with Crippen LogP contribution in [-0.2, 0) is 23.8 Å². The third-order valence-corrected chi connectivity index (χ3v) is 10.5. The SMILES string of the molecule is CC(N)C(=O)Nc1ccc(-c2ccnc(Nc3ccc(N4CCOCC4)cc3)n2)cc1.CC(NC(=O)OC(C)(C)C)C(=O)O.Nc1ccc(-c2ccnc(Nc3ccc(N4CCOCC4)cc3)n2)cc1. The van der Waals surface area contributed by atoms with Crippen molar-refractivity contribution in [1.82, 2.24) is 25.3 Å². The summed E-state index contributed by atoms with van der Waals surface area (Å²) in [6.45, 7) is 14.9. The van der Waals surface area contributed by atoms with E-state index in [-0.39, 0.29) is 5.91 Å². The van der Waals surface area contributed by atoms with E-state index in [1.54, 1.807) is 40.1 Å². The molecule has 0 aliphatic carbocycles. The fourth-order valence-corrected chi connectivity index (χ4v) is 6.75. The predicted octanol–water partition coefficient (Wildman–Crippen LogP) is 7.30. The molecule has 0 radical (unpaired) electrons. The Balaban J connectivity index is 0.000000187. The van der Waals surface area contributed by atoms with Crippen LogP contribution < -0.4 is 42.5 Å². The highest BCUT2D eigenvalue weighted by molar-refractivity contribution is 5.94. The van der Waals surface area contributed by atoms with Gasteiger partial charge in [-0.3, -0.25) is 9.59 Å². The van der Waals surface area contributed by atoms with Crippen LogP contribution in [0.5, 0.6) is 0 Å². The molecule has 8 rings (SSSR count). The molecule has 19 nitrogen and oxygen atoms in total. The smallest absolute Gasteiger partial charge is 0.408 e. The topological polar surface area (TPSA) is 257 Å². The quantitative estimate of drug-likeness (QED) is 0.0594. The lowest BCUT2D eigenvalue weighted by molar-refractivity contribution is -0.139. The zero-order valence-electron chi connectivity index (χ0n) is 40.1. The Hall–Kier alpha value is -7.87. The Morgan fingerprint density at radius 2 is 1.06 bits per heavy atom. The van der Waals surface area contributed by atoms with Gasteiger partial charge in [-0.15, -0.1) is 0 Å². The zero-order valence-corrected chi connectivity index (χ0v) is 40.1. The molecule has 2 atom stereocenters. The van der Waals surface area contributed by atoms with Crippen molar-refractivity contribution in [2.24, 2.45) is 5.73 Å². The summed E-state index contributed by atoms with van der Waals surface area (Å²) in [6.07, 6.45) is 2.75. The number of hydrogen-bond donors (Lipinski definition) is 7. The number of morpholine rings is 2. The Morgan fingerprint density at radius 3 is 1.46 bits per heavy atom. The fourth-order valence-electron chi connectivity index (χ4n) is 6.75. The maximum absolute atomic E-state index is 11.7. The highest BCUT2D eigenvalue weighted by Crippen LogP contribution is 2.25. The number of nitrogens with two attached hydrogens (primary N) is 2. The second kappa shape index (κ2) is 24.9. The molecule has 6 aromatic rings. The van der Waals surface area contributed by atoms with Crippen LogP contribution in [0.3, 0.4) is 0 Å². The summed E-state index contributed by atoms with van der Waals surface area (Å²) in [4.78, 5) is 55.5. The van der Waals surface area contributed by atoms with E-state index >= 15 is 0 Å². The minimum Gasteiger partial charge on any atom is -0.480 e. The Morgan fingerprint density at radius 1 is 0.643 bits per heavy atom. The van der Waals surface area contributed by atoms with Gasteiger partial charge >= 0.3 is 12.1 Å². The van der Waals surface area contributed by atoms with Gasteiger partial charge in [0.15, 0.2) is 0 Å². The molecule has 0 saturated carbocycles. The van der Waals surface area contributed by atoms with Crippen LogP contribution in [0.2, 0.25) is 0 Å². The van der Waals surface area contributed by atoms with Gasteiger partial charge in [0.25, 0.3) is 0 Å². The largest absolute Gasteiger partial charge is 0.480 e. The Labute approximate surface area is 408 Å². The van der Waals surface area contributed by atoms with Gasteiger partial charge in [-0.2, -0.15) is 0 Å². The minimum atomic E-state index is -1.09. The first-order valence-corrected chi connectivity index (χ1v) is 22.9. The maximum atomic E-state index is 11.7. The van der Waals surface area contributed by atoms with Crippen molar-refractivity contribution < 1.29 is 33.7 Å². The molecule has 4 heterocycles. The second-order valence-electron chi connectivity index (χ2n) is 17.3. The summed E-state index contributed by atoms with van der Waals surface area (Å²) < 4.78 is 15.7. The normalized spacial score (nSPS) is 14.3. The van der Waals surface area contributed by atoms with Gasteiger partial charge in [-0.1, -0.05) is 24.3 Å². The van der Waals surface area contributed by atoms with Crippen molar-refractivity contribution in [2.75, 3.05) is 84.1 Å². The number of rotatable bonds is 12. The minimum absolute atomic E-state index is 0.221. The molecule has 2 unspecified atom stereocenters. The number of aromatic nitrogens is 4. The number of benzene rings is 4. The van der Waals surface area contributed by atoms with Crippen molar-refractivity contribution in [3.8, 4) is 22.5 Å². The van der Waals surface area contributed by atoms with Crippen LogP contribution >= 0.6 is 0 Å². The van der Waals surface area contributed by atoms with Crippen LogP contribution in [0.25, 0.3) is 22.5 Å². The van der Waals surface area contributed by atoms with Gasteiger partial charge in [-0.25, -0.2) is 24.7 Å². The molecule has 4 aromatic carbocycles. The van der Waals surface area contributed by atoms with E-state index in [1.807, 2.05) is 84.9 Å². The summed E-state index contributed by atoms with van der Waals surface area (Å²) >= 11 is 0. The van der Waals surface area contributed by atoms with E-state index < -0.39 is 29.7 Å². The average molecular weight is 955 g/mol. The van der Waals surface area contributed by atoms with Crippen molar-refractivity contribution in [2.45, 2.75) is 52.3 Å². The van der Waals surface area contributed by atoms with E-state index in [2.05, 4.69) is 75.3 Å². The molecule has 2 amide bonds. The van der Waals surface area contributed by atoms with Crippen LogP contribution in [0.4, 0.5) is 50.8 Å². The number of amides is 2. The summed E-state index contributed by atoms with van der Waals surface area (Å²) in [5.74, 6) is -0.226. The highest BCUT2D eigenvalue weighted by Gasteiger charge is 2.20. The predicted molar refractivity (Wildman–Crippen MR) is 274 cm³/mol. The number of nitrogens with zero attached hydrogens (tertiary/aromatic N) is 6. The number of anilines is 8. The van der Waals surface area contributed by atoms with E-state index in [0.29, 0.717) is 17.6 Å².